The summed E-state index contributed by atoms with van der Waals surface area (Å²) in [6, 6.07) is 15.3. The molecule has 7 nitrogen and oxygen atoms in total. The molecule has 0 spiro atoms. The Morgan fingerprint density at radius 1 is 1.05 bits per heavy atom. The van der Waals surface area contributed by atoms with Gasteiger partial charge in [-0.3, -0.25) is 9.59 Å². The average Bonchev–Trinajstić information content (AvgIpc) is 3.16. The van der Waals surface area contributed by atoms with Gasteiger partial charge in [-0.05, 0) is 60.0 Å². The summed E-state index contributed by atoms with van der Waals surface area (Å²) in [7, 11) is 2.91. The number of hydrogen-bond acceptors (Lipinski definition) is 6. The van der Waals surface area contributed by atoms with Crippen LogP contribution in [0.1, 0.15) is 28.3 Å². The fourth-order valence-corrected chi connectivity index (χ4v) is 4.75. The number of carbonyl (C=O) groups is 2. The van der Waals surface area contributed by atoms with E-state index in [1.807, 2.05) is 0 Å². The van der Waals surface area contributed by atoms with Crippen molar-refractivity contribution in [2.75, 3.05) is 27.4 Å². The van der Waals surface area contributed by atoms with Crippen LogP contribution in [0.5, 0.6) is 11.5 Å². The first-order valence-electron chi connectivity index (χ1n) is 11.8. The minimum absolute atomic E-state index is 0.0777. The Bertz CT molecular complexity index is 1370. The first-order chi connectivity index (χ1) is 18.2. The van der Waals surface area contributed by atoms with Crippen LogP contribution in [0, 0.1) is 12.7 Å². The number of nitrogens with zero attached hydrogens (tertiary/aromatic N) is 1. The number of likely N-dealkylation sites (tertiary alicyclic amines) is 1. The highest BCUT2D eigenvalue weighted by Gasteiger charge is 2.46. The van der Waals surface area contributed by atoms with E-state index in [1.165, 1.54) is 31.3 Å². The Hall–Kier alpha value is -3.88. The summed E-state index contributed by atoms with van der Waals surface area (Å²) in [5.74, 6) is -1.54. The predicted octanol–water partition coefficient (Wildman–Crippen LogP) is 5.44. The molecule has 1 N–H and O–H groups in total. The number of methoxy groups -OCH3 is 2. The summed E-state index contributed by atoms with van der Waals surface area (Å²) >= 11 is 6.33. The van der Waals surface area contributed by atoms with Gasteiger partial charge in [0.1, 0.15) is 29.7 Å². The highest BCUT2D eigenvalue weighted by molar-refractivity contribution is 6.46. The highest BCUT2D eigenvalue weighted by atomic mass is 35.5. The predicted molar refractivity (Wildman–Crippen MR) is 141 cm³/mol. The summed E-state index contributed by atoms with van der Waals surface area (Å²) in [6.45, 7) is 2.36. The smallest absolute Gasteiger partial charge is 0.295 e. The van der Waals surface area contributed by atoms with E-state index in [4.69, 9.17) is 25.8 Å². The Morgan fingerprint density at radius 2 is 1.74 bits per heavy atom. The third-order valence-corrected chi connectivity index (χ3v) is 6.52. The zero-order valence-electron chi connectivity index (χ0n) is 21.2. The molecular weight excluding hydrogens is 513 g/mol. The van der Waals surface area contributed by atoms with Gasteiger partial charge in [0.15, 0.2) is 0 Å². The van der Waals surface area contributed by atoms with E-state index in [0.717, 1.165) is 11.1 Å². The van der Waals surface area contributed by atoms with Crippen LogP contribution in [0.2, 0.25) is 5.02 Å². The SMILES string of the molecule is COCCN1C(=O)C(=O)/C(=C(/O)c2cc(C)cc(Cl)c2OC)C1c1ccc(OCc2ccc(F)cc2)cc1. The molecule has 3 aromatic carbocycles. The number of aliphatic hydroxyl groups is 1. The molecule has 9 heteroatoms. The molecule has 0 aliphatic carbocycles. The lowest BCUT2D eigenvalue weighted by atomic mass is 9.94. The summed E-state index contributed by atoms with van der Waals surface area (Å²) < 4.78 is 29.5. The molecular formula is C29H27ClFNO6. The molecule has 0 bridgehead atoms. The van der Waals surface area contributed by atoms with Gasteiger partial charge >= 0.3 is 0 Å². The van der Waals surface area contributed by atoms with Crippen LogP contribution < -0.4 is 9.47 Å². The molecule has 1 heterocycles. The van der Waals surface area contributed by atoms with Gasteiger partial charge in [0, 0.05) is 13.7 Å². The number of benzene rings is 3. The minimum atomic E-state index is -0.875. The molecule has 4 rings (SSSR count). The lowest BCUT2D eigenvalue weighted by molar-refractivity contribution is -0.140. The molecule has 1 aliphatic rings. The van der Waals surface area contributed by atoms with Crippen LogP contribution in [-0.2, 0) is 20.9 Å². The van der Waals surface area contributed by atoms with Gasteiger partial charge in [-0.15, -0.1) is 0 Å². The van der Waals surface area contributed by atoms with Crippen molar-refractivity contribution in [3.05, 3.63) is 99.3 Å². The van der Waals surface area contributed by atoms with E-state index in [-0.39, 0.29) is 53.2 Å². The Kier molecular flexibility index (Phi) is 8.34. The summed E-state index contributed by atoms with van der Waals surface area (Å²) in [5.41, 5.74) is 2.27. The topological polar surface area (TPSA) is 85.3 Å². The van der Waals surface area contributed by atoms with Gasteiger partial charge < -0.3 is 24.2 Å². The average molecular weight is 540 g/mol. The molecule has 0 aromatic heterocycles. The molecule has 1 unspecified atom stereocenters. The maximum Gasteiger partial charge on any atom is 0.295 e. The van der Waals surface area contributed by atoms with Crippen LogP contribution in [0.25, 0.3) is 5.76 Å². The van der Waals surface area contributed by atoms with E-state index in [1.54, 1.807) is 55.5 Å². The fraction of sp³-hybridized carbons (Fsp3) is 0.241. The first kappa shape index (κ1) is 27.2. The summed E-state index contributed by atoms with van der Waals surface area (Å²) in [6.07, 6.45) is 0. The molecule has 198 valence electrons. The Balaban J connectivity index is 1.73. The zero-order chi connectivity index (χ0) is 27.4. The molecule has 3 aromatic rings. The van der Waals surface area contributed by atoms with Gasteiger partial charge in [0.2, 0.25) is 0 Å². The fourth-order valence-electron chi connectivity index (χ4n) is 4.40. The van der Waals surface area contributed by atoms with Gasteiger partial charge in [-0.25, -0.2) is 4.39 Å². The third-order valence-electron chi connectivity index (χ3n) is 6.24. The highest BCUT2D eigenvalue weighted by Crippen LogP contribution is 2.42. The second-order valence-corrected chi connectivity index (χ2v) is 9.20. The van der Waals surface area contributed by atoms with Gasteiger partial charge in [-0.1, -0.05) is 35.9 Å². The lowest BCUT2D eigenvalue weighted by Crippen LogP contribution is -2.32. The monoisotopic (exact) mass is 539 g/mol. The van der Waals surface area contributed by atoms with Crippen LogP contribution >= 0.6 is 11.6 Å². The van der Waals surface area contributed by atoms with E-state index >= 15 is 0 Å². The minimum Gasteiger partial charge on any atom is -0.507 e. The standard InChI is InChI=1S/C29H27ClFNO6/c1-17-14-22(28(37-3)23(30)15-17)26(33)24-25(32(12-13-36-2)29(35)27(24)34)19-6-10-21(11-7-19)38-16-18-4-8-20(31)9-5-18/h4-11,14-15,25,33H,12-13,16H2,1-3H3/b26-24+. The molecule has 38 heavy (non-hydrogen) atoms. The second kappa shape index (κ2) is 11.7. The zero-order valence-corrected chi connectivity index (χ0v) is 21.9. The van der Waals surface area contributed by atoms with Crippen LogP contribution in [0.3, 0.4) is 0 Å². The largest absolute Gasteiger partial charge is 0.507 e. The molecule has 1 fully saturated rings. The van der Waals surface area contributed by atoms with Gasteiger partial charge in [-0.2, -0.15) is 0 Å². The third kappa shape index (κ3) is 5.51. The first-order valence-corrected chi connectivity index (χ1v) is 12.2. The van der Waals surface area contributed by atoms with Crippen LogP contribution in [0.15, 0.2) is 66.2 Å². The normalized spacial score (nSPS) is 16.7. The van der Waals surface area contributed by atoms with Crippen molar-refractivity contribution in [3.8, 4) is 11.5 Å². The quantitative estimate of drug-likeness (QED) is 0.221. The van der Waals surface area contributed by atoms with Gasteiger partial charge in [0.25, 0.3) is 11.7 Å². The summed E-state index contributed by atoms with van der Waals surface area (Å²) in [4.78, 5) is 27.6. The number of ether oxygens (including phenoxy) is 3. The maximum absolute atomic E-state index is 13.2. The number of halogens is 2. The van der Waals surface area contributed by atoms with Crippen LogP contribution in [0.4, 0.5) is 4.39 Å². The molecule has 1 aliphatic heterocycles. The van der Waals surface area contributed by atoms with Crippen molar-refractivity contribution in [2.24, 2.45) is 0 Å². The molecule has 1 saturated heterocycles. The Labute approximate surface area is 225 Å². The Morgan fingerprint density at radius 3 is 2.37 bits per heavy atom. The van der Waals surface area contributed by atoms with Crippen molar-refractivity contribution < 1.29 is 33.3 Å². The number of Topliss-reactive ketones (excluding diaryl/α,β-unsaturated/α-hetero) is 1. The lowest BCUT2D eigenvalue weighted by Gasteiger charge is -2.25. The number of aliphatic hydroxyl groups excluding tert-OH is 1. The van der Waals surface area contributed by atoms with Crippen molar-refractivity contribution >= 4 is 29.1 Å². The summed E-state index contributed by atoms with van der Waals surface area (Å²) in [5, 5.41) is 11.7. The number of hydrogen-bond donors (Lipinski definition) is 1. The van der Waals surface area contributed by atoms with E-state index < -0.39 is 17.7 Å². The van der Waals surface area contributed by atoms with E-state index in [0.29, 0.717) is 11.3 Å². The van der Waals surface area contributed by atoms with E-state index in [2.05, 4.69) is 0 Å². The number of ketones is 1. The molecule has 0 saturated carbocycles. The molecule has 1 atom stereocenters. The number of amides is 1. The number of aryl methyl sites for hydroxylation is 1. The van der Waals surface area contributed by atoms with Gasteiger partial charge in [0.05, 0.1) is 35.9 Å². The number of carbonyl (C=O) groups excluding carboxylic acids is 2. The maximum atomic E-state index is 13.2. The molecule has 1 amide bonds. The van der Waals surface area contributed by atoms with Crippen LogP contribution in [-0.4, -0.2) is 49.1 Å². The molecule has 0 radical (unpaired) electrons. The second-order valence-electron chi connectivity index (χ2n) is 8.80. The van der Waals surface area contributed by atoms with Crippen molar-refractivity contribution in [3.63, 3.8) is 0 Å². The van der Waals surface area contributed by atoms with Crippen molar-refractivity contribution in [1.29, 1.82) is 0 Å². The van der Waals surface area contributed by atoms with E-state index in [9.17, 15) is 19.1 Å². The number of rotatable bonds is 9. The van der Waals surface area contributed by atoms with Crippen molar-refractivity contribution in [1.82, 2.24) is 4.90 Å². The van der Waals surface area contributed by atoms with Crippen molar-refractivity contribution in [2.45, 2.75) is 19.6 Å².